The number of nitrogens with zero attached hydrogens (tertiary/aromatic N) is 2. The van der Waals surface area contributed by atoms with E-state index in [-0.39, 0.29) is 37.6 Å². The maximum Gasteiger partial charge on any atom is 0.303 e. The topological polar surface area (TPSA) is 112 Å². The van der Waals surface area contributed by atoms with Gasteiger partial charge in [-0.3, -0.25) is 19.4 Å². The van der Waals surface area contributed by atoms with Crippen LogP contribution in [-0.2, 0) is 38.8 Å². The quantitative estimate of drug-likeness (QED) is 0.167. The number of aliphatic carboxylic acids is 1. The predicted molar refractivity (Wildman–Crippen MR) is 187 cm³/mol. The number of hydrogen-bond donors (Lipinski definition) is 3. The van der Waals surface area contributed by atoms with Crippen molar-refractivity contribution in [2.45, 2.75) is 57.5 Å². The molecule has 0 aliphatic carbocycles. The smallest absolute Gasteiger partial charge is 0.303 e. The summed E-state index contributed by atoms with van der Waals surface area (Å²) in [5.74, 6) is -1.28. The molecule has 256 valence electrons. The summed E-state index contributed by atoms with van der Waals surface area (Å²) in [4.78, 5) is 28.0. The molecule has 4 aromatic carbocycles. The molecule has 6 rings (SSSR count). The second-order valence-electron chi connectivity index (χ2n) is 12.9. The molecule has 0 radical (unpaired) electrons. The molecule has 0 aromatic heterocycles. The fraction of sp³-hybridized carbons (Fsp3) is 0.350. The number of carboxylic acids is 1. The van der Waals surface area contributed by atoms with E-state index >= 15 is 0 Å². The Hall–Kier alpha value is -4.38. The first-order valence-electron chi connectivity index (χ1n) is 17.1. The van der Waals surface area contributed by atoms with Crippen molar-refractivity contribution >= 4 is 11.9 Å². The zero-order valence-electron chi connectivity index (χ0n) is 27.7. The Bertz CT molecular complexity index is 1660. The molecule has 1 amide bonds. The van der Waals surface area contributed by atoms with Gasteiger partial charge in [-0.15, -0.1) is 0 Å². The van der Waals surface area contributed by atoms with Crippen LogP contribution in [0, 0.1) is 0 Å². The highest BCUT2D eigenvalue weighted by atomic mass is 16.7. The van der Waals surface area contributed by atoms with Gasteiger partial charge in [0.15, 0.2) is 6.29 Å². The van der Waals surface area contributed by atoms with Gasteiger partial charge in [0.1, 0.15) is 0 Å². The normalized spacial score (nSPS) is 20.1. The SMILES string of the molecule is O=C(O)CCC(=O)NCc1ccccc1-c1ccc([C@@H]2O[C@H](CN3CCN(Cc4ccccc4)CC3)C[C@H](c3ccc(CO)cc3)O2)cc1. The molecule has 4 aromatic rings. The van der Waals surface area contributed by atoms with Gasteiger partial charge in [-0.25, -0.2) is 0 Å². The third-order valence-electron chi connectivity index (χ3n) is 9.34. The van der Waals surface area contributed by atoms with E-state index in [1.807, 2.05) is 72.8 Å². The van der Waals surface area contributed by atoms with E-state index in [0.717, 1.165) is 79.1 Å². The third kappa shape index (κ3) is 9.62. The Labute approximate surface area is 288 Å². The summed E-state index contributed by atoms with van der Waals surface area (Å²) in [6, 6.07) is 34.7. The van der Waals surface area contributed by atoms with Gasteiger partial charge in [-0.2, -0.15) is 0 Å². The van der Waals surface area contributed by atoms with Crippen molar-refractivity contribution < 1.29 is 29.3 Å². The highest BCUT2D eigenvalue weighted by Crippen LogP contribution is 2.39. The molecule has 2 saturated heterocycles. The minimum Gasteiger partial charge on any atom is -0.481 e. The number of rotatable bonds is 13. The lowest BCUT2D eigenvalue weighted by Crippen LogP contribution is -2.49. The van der Waals surface area contributed by atoms with Crippen LogP contribution in [0.5, 0.6) is 0 Å². The van der Waals surface area contributed by atoms with Crippen LogP contribution in [0.2, 0.25) is 0 Å². The van der Waals surface area contributed by atoms with Crippen molar-refractivity contribution in [3.05, 3.63) is 131 Å². The standard InChI is InChI=1S/C40H45N3O6/c44-28-30-10-12-32(13-11-30)37-24-35(27-43-22-20-42(21-23-43)26-29-6-2-1-3-7-29)48-40(49-37)33-16-14-31(15-17-33)36-9-5-4-8-34(36)25-41-38(45)18-19-39(46)47/h1-17,35,37,40,44H,18-28H2,(H,41,45)(H,46,47)/t35-,37+,40+/m0/s1. The summed E-state index contributed by atoms with van der Waals surface area (Å²) in [6.45, 7) is 6.12. The molecule has 0 saturated carbocycles. The summed E-state index contributed by atoms with van der Waals surface area (Å²) in [6.07, 6.45) is -0.220. The van der Waals surface area contributed by atoms with Gasteiger partial charge in [0.25, 0.3) is 0 Å². The predicted octanol–water partition coefficient (Wildman–Crippen LogP) is 5.69. The van der Waals surface area contributed by atoms with E-state index in [2.05, 4.69) is 45.4 Å². The highest BCUT2D eigenvalue weighted by molar-refractivity contribution is 5.80. The van der Waals surface area contributed by atoms with Crippen molar-refractivity contribution in [1.29, 1.82) is 0 Å². The number of aliphatic hydroxyl groups excluding tert-OH is 1. The van der Waals surface area contributed by atoms with Crippen LogP contribution in [-0.4, -0.2) is 70.7 Å². The second kappa shape index (κ2) is 16.8. The maximum absolute atomic E-state index is 12.2. The average Bonchev–Trinajstić information content (AvgIpc) is 3.14. The van der Waals surface area contributed by atoms with Gasteiger partial charge in [0.2, 0.25) is 5.91 Å². The summed E-state index contributed by atoms with van der Waals surface area (Å²) < 4.78 is 13.3. The minimum atomic E-state index is -0.990. The average molecular weight is 664 g/mol. The Balaban J connectivity index is 1.13. The fourth-order valence-corrected chi connectivity index (χ4v) is 6.57. The molecule has 3 N–H and O–H groups in total. The molecular formula is C40H45N3O6. The summed E-state index contributed by atoms with van der Waals surface area (Å²) in [5.41, 5.74) is 7.14. The molecule has 0 unspecified atom stereocenters. The van der Waals surface area contributed by atoms with Gasteiger partial charge in [0, 0.05) is 64.2 Å². The van der Waals surface area contributed by atoms with E-state index in [0.29, 0.717) is 6.54 Å². The number of carboxylic acid groups (broad SMARTS) is 1. The summed E-state index contributed by atoms with van der Waals surface area (Å²) >= 11 is 0. The van der Waals surface area contributed by atoms with Gasteiger partial charge in [-0.1, -0.05) is 103 Å². The first kappa shape index (κ1) is 34.5. The van der Waals surface area contributed by atoms with Crippen LogP contribution in [0.15, 0.2) is 103 Å². The molecule has 2 heterocycles. The molecule has 0 spiro atoms. The number of amides is 1. The number of benzene rings is 4. The number of nitrogens with one attached hydrogen (secondary N) is 1. The van der Waals surface area contributed by atoms with Crippen LogP contribution in [0.1, 0.15) is 59.5 Å². The van der Waals surface area contributed by atoms with Crippen LogP contribution >= 0.6 is 0 Å². The number of hydrogen-bond acceptors (Lipinski definition) is 7. The number of piperazine rings is 1. The monoisotopic (exact) mass is 663 g/mol. The number of carbonyl (C=O) groups excluding carboxylic acids is 1. The lowest BCUT2D eigenvalue weighted by molar-refractivity contribution is -0.253. The van der Waals surface area contributed by atoms with Crippen LogP contribution < -0.4 is 5.32 Å². The van der Waals surface area contributed by atoms with E-state index in [4.69, 9.17) is 14.6 Å². The van der Waals surface area contributed by atoms with E-state index in [1.165, 1.54) is 5.56 Å². The Kier molecular flexibility index (Phi) is 11.8. The lowest BCUT2D eigenvalue weighted by atomic mass is 9.97. The summed E-state index contributed by atoms with van der Waals surface area (Å²) in [5, 5.41) is 21.3. The van der Waals surface area contributed by atoms with Crippen molar-refractivity contribution in [1.82, 2.24) is 15.1 Å². The third-order valence-corrected chi connectivity index (χ3v) is 9.34. The molecule has 49 heavy (non-hydrogen) atoms. The van der Waals surface area contributed by atoms with E-state index in [1.54, 1.807) is 0 Å². The molecule has 9 heteroatoms. The molecule has 2 fully saturated rings. The van der Waals surface area contributed by atoms with Crippen molar-refractivity contribution in [2.75, 3.05) is 32.7 Å². The van der Waals surface area contributed by atoms with Crippen molar-refractivity contribution in [2.24, 2.45) is 0 Å². The molecule has 3 atom stereocenters. The molecule has 9 nitrogen and oxygen atoms in total. The lowest BCUT2D eigenvalue weighted by Gasteiger charge is -2.40. The van der Waals surface area contributed by atoms with Crippen LogP contribution in [0.25, 0.3) is 11.1 Å². The zero-order valence-corrected chi connectivity index (χ0v) is 27.7. The van der Waals surface area contributed by atoms with Gasteiger partial charge < -0.3 is 25.0 Å². The number of ether oxygens (including phenoxy) is 2. The van der Waals surface area contributed by atoms with E-state index < -0.39 is 12.3 Å². The minimum absolute atomic E-state index is 0.00296. The fourth-order valence-electron chi connectivity index (χ4n) is 6.57. The Morgan fingerprint density at radius 2 is 1.41 bits per heavy atom. The second-order valence-corrected chi connectivity index (χ2v) is 12.9. The molecular weight excluding hydrogens is 618 g/mol. The molecule has 2 aliphatic rings. The van der Waals surface area contributed by atoms with Crippen molar-refractivity contribution in [3.63, 3.8) is 0 Å². The molecule has 0 bridgehead atoms. The van der Waals surface area contributed by atoms with Gasteiger partial charge in [-0.05, 0) is 33.4 Å². The first-order valence-corrected chi connectivity index (χ1v) is 17.1. The maximum atomic E-state index is 12.2. The van der Waals surface area contributed by atoms with Crippen LogP contribution in [0.3, 0.4) is 0 Å². The first-order chi connectivity index (χ1) is 23.9. The number of aliphatic hydroxyl groups is 1. The number of carbonyl (C=O) groups is 2. The van der Waals surface area contributed by atoms with Crippen molar-refractivity contribution in [3.8, 4) is 11.1 Å². The largest absolute Gasteiger partial charge is 0.481 e. The Morgan fingerprint density at radius 1 is 0.735 bits per heavy atom. The zero-order chi connectivity index (χ0) is 34.0. The van der Waals surface area contributed by atoms with Crippen LogP contribution in [0.4, 0.5) is 0 Å². The molecule has 2 aliphatic heterocycles. The van der Waals surface area contributed by atoms with Gasteiger partial charge >= 0.3 is 5.97 Å². The highest BCUT2D eigenvalue weighted by Gasteiger charge is 2.34. The summed E-state index contributed by atoms with van der Waals surface area (Å²) in [7, 11) is 0. The van der Waals surface area contributed by atoms with Gasteiger partial charge in [0.05, 0.1) is 25.2 Å². The van der Waals surface area contributed by atoms with E-state index in [9.17, 15) is 14.7 Å². The Morgan fingerprint density at radius 3 is 2.12 bits per heavy atom.